The minimum absolute atomic E-state index is 0.300. The second-order valence-electron chi connectivity index (χ2n) is 4.55. The first-order valence-electron chi connectivity index (χ1n) is 5.39. The van der Waals surface area contributed by atoms with Gasteiger partial charge in [0.1, 0.15) is 18.0 Å². The molecule has 0 spiro atoms. The smallest absolute Gasteiger partial charge is 0.303 e. The van der Waals surface area contributed by atoms with E-state index in [4.69, 9.17) is 9.47 Å². The Hall–Kier alpha value is -1.03. The third-order valence-electron chi connectivity index (χ3n) is 2.14. The summed E-state index contributed by atoms with van der Waals surface area (Å²) in [5, 5.41) is 0. The van der Waals surface area contributed by atoms with Gasteiger partial charge in [0.2, 0.25) is 0 Å². The average Bonchev–Trinajstić information content (AvgIpc) is 2.18. The highest BCUT2D eigenvalue weighted by Gasteiger charge is 2.22. The Bertz CT molecular complexity index is 413. The molecule has 0 unspecified atom stereocenters. The molecule has 94 valence electrons. The molecular weight excluding hydrogens is 284 g/mol. The predicted molar refractivity (Wildman–Crippen MR) is 70.2 cm³/mol. The number of aryl methyl sites for hydroxylation is 1. The number of esters is 1. The van der Waals surface area contributed by atoms with Crippen LogP contribution in [0.2, 0.25) is 0 Å². The van der Waals surface area contributed by atoms with E-state index in [-0.39, 0.29) is 5.97 Å². The number of ether oxygens (including phenoxy) is 2. The fraction of sp³-hybridized carbons (Fsp3) is 0.462. The molecule has 0 aliphatic heterocycles. The summed E-state index contributed by atoms with van der Waals surface area (Å²) in [6.45, 7) is 7.35. The Morgan fingerprint density at radius 2 is 2.06 bits per heavy atom. The first kappa shape index (κ1) is 14.0. The van der Waals surface area contributed by atoms with Crippen molar-refractivity contribution in [3.8, 4) is 5.75 Å². The topological polar surface area (TPSA) is 35.5 Å². The molecule has 0 aromatic heterocycles. The van der Waals surface area contributed by atoms with Gasteiger partial charge in [0.15, 0.2) is 0 Å². The Kier molecular flexibility index (Phi) is 4.57. The molecule has 3 nitrogen and oxygen atoms in total. The Balaban J connectivity index is 2.60. The molecule has 0 N–H and O–H groups in total. The molecule has 0 amide bonds. The van der Waals surface area contributed by atoms with E-state index in [0.29, 0.717) is 6.61 Å². The van der Waals surface area contributed by atoms with E-state index < -0.39 is 5.60 Å². The largest absolute Gasteiger partial charge is 0.489 e. The van der Waals surface area contributed by atoms with Crippen LogP contribution in [0, 0.1) is 6.92 Å². The number of rotatable bonds is 4. The second-order valence-corrected chi connectivity index (χ2v) is 5.41. The second kappa shape index (κ2) is 5.54. The van der Waals surface area contributed by atoms with Crippen molar-refractivity contribution in [1.29, 1.82) is 0 Å². The van der Waals surface area contributed by atoms with Crippen molar-refractivity contribution in [2.75, 3.05) is 6.61 Å². The Labute approximate surface area is 110 Å². The maximum absolute atomic E-state index is 10.9. The van der Waals surface area contributed by atoms with Crippen molar-refractivity contribution >= 4 is 21.9 Å². The van der Waals surface area contributed by atoms with Crippen LogP contribution in [0.5, 0.6) is 5.75 Å². The average molecular weight is 301 g/mol. The standard InChI is InChI=1S/C13H17BrO3/c1-9-7-11(5-6-12(9)14)16-8-13(3,4)17-10(2)15/h5-7H,8H2,1-4H3. The number of carbonyl (C=O) groups excluding carboxylic acids is 1. The molecule has 0 fully saturated rings. The summed E-state index contributed by atoms with van der Waals surface area (Å²) in [6, 6.07) is 5.75. The highest BCUT2D eigenvalue weighted by Crippen LogP contribution is 2.22. The molecular formula is C13H17BrO3. The Morgan fingerprint density at radius 3 is 2.59 bits per heavy atom. The van der Waals surface area contributed by atoms with Crippen LogP contribution >= 0.6 is 15.9 Å². The van der Waals surface area contributed by atoms with Crippen LogP contribution in [0.25, 0.3) is 0 Å². The normalized spacial score (nSPS) is 11.1. The minimum atomic E-state index is -0.618. The van der Waals surface area contributed by atoms with Crippen molar-refractivity contribution in [3.63, 3.8) is 0 Å². The van der Waals surface area contributed by atoms with E-state index in [1.54, 1.807) is 0 Å². The van der Waals surface area contributed by atoms with E-state index in [0.717, 1.165) is 15.8 Å². The summed E-state index contributed by atoms with van der Waals surface area (Å²) in [4.78, 5) is 10.9. The van der Waals surface area contributed by atoms with Gasteiger partial charge in [0.05, 0.1) is 0 Å². The molecule has 0 atom stereocenters. The zero-order valence-corrected chi connectivity index (χ0v) is 12.1. The number of benzene rings is 1. The van der Waals surface area contributed by atoms with Crippen molar-refractivity contribution in [1.82, 2.24) is 0 Å². The van der Waals surface area contributed by atoms with Crippen molar-refractivity contribution in [2.24, 2.45) is 0 Å². The zero-order valence-electron chi connectivity index (χ0n) is 10.5. The molecule has 0 aliphatic rings. The van der Waals surface area contributed by atoms with Gasteiger partial charge in [-0.25, -0.2) is 0 Å². The van der Waals surface area contributed by atoms with E-state index in [1.807, 2.05) is 39.0 Å². The van der Waals surface area contributed by atoms with Crippen LogP contribution < -0.4 is 4.74 Å². The number of hydrogen-bond acceptors (Lipinski definition) is 3. The fourth-order valence-electron chi connectivity index (χ4n) is 1.38. The van der Waals surface area contributed by atoms with Gasteiger partial charge < -0.3 is 9.47 Å². The third-order valence-corrected chi connectivity index (χ3v) is 3.03. The van der Waals surface area contributed by atoms with E-state index in [9.17, 15) is 4.79 Å². The molecule has 0 saturated carbocycles. The van der Waals surface area contributed by atoms with Crippen molar-refractivity contribution in [3.05, 3.63) is 28.2 Å². The minimum Gasteiger partial charge on any atom is -0.489 e. The molecule has 0 saturated heterocycles. The molecule has 0 aliphatic carbocycles. The monoisotopic (exact) mass is 300 g/mol. The van der Waals surface area contributed by atoms with Gasteiger partial charge in [0.25, 0.3) is 0 Å². The van der Waals surface area contributed by atoms with Crippen LogP contribution in [0.3, 0.4) is 0 Å². The maximum atomic E-state index is 10.9. The molecule has 0 heterocycles. The summed E-state index contributed by atoms with van der Waals surface area (Å²) in [5.74, 6) is 0.469. The third kappa shape index (κ3) is 4.77. The summed E-state index contributed by atoms with van der Waals surface area (Å²) in [6.07, 6.45) is 0. The molecule has 4 heteroatoms. The highest BCUT2D eigenvalue weighted by atomic mass is 79.9. The zero-order chi connectivity index (χ0) is 13.1. The molecule has 0 radical (unpaired) electrons. The summed E-state index contributed by atoms with van der Waals surface area (Å²) < 4.78 is 11.8. The van der Waals surface area contributed by atoms with E-state index in [1.165, 1.54) is 6.92 Å². The molecule has 1 aromatic carbocycles. The molecule has 1 aromatic rings. The fourth-order valence-corrected chi connectivity index (χ4v) is 1.63. The molecule has 17 heavy (non-hydrogen) atoms. The lowest BCUT2D eigenvalue weighted by atomic mass is 10.1. The summed E-state index contributed by atoms with van der Waals surface area (Å²) in [5.41, 5.74) is 0.486. The lowest BCUT2D eigenvalue weighted by Gasteiger charge is -2.24. The summed E-state index contributed by atoms with van der Waals surface area (Å²) in [7, 11) is 0. The quantitative estimate of drug-likeness (QED) is 0.799. The van der Waals surface area contributed by atoms with Crippen LogP contribution in [-0.4, -0.2) is 18.2 Å². The molecule has 1 rings (SSSR count). The van der Waals surface area contributed by atoms with Crippen molar-refractivity contribution < 1.29 is 14.3 Å². The number of carbonyl (C=O) groups is 1. The lowest BCUT2D eigenvalue weighted by Crippen LogP contribution is -2.34. The molecule has 0 bridgehead atoms. The van der Waals surface area contributed by atoms with Gasteiger partial charge in [-0.2, -0.15) is 0 Å². The van der Waals surface area contributed by atoms with E-state index in [2.05, 4.69) is 15.9 Å². The Morgan fingerprint density at radius 1 is 1.41 bits per heavy atom. The van der Waals surface area contributed by atoms with Crippen LogP contribution in [0.15, 0.2) is 22.7 Å². The maximum Gasteiger partial charge on any atom is 0.303 e. The first-order valence-corrected chi connectivity index (χ1v) is 6.18. The van der Waals surface area contributed by atoms with Gasteiger partial charge in [-0.1, -0.05) is 15.9 Å². The van der Waals surface area contributed by atoms with Crippen LogP contribution in [0.4, 0.5) is 0 Å². The lowest BCUT2D eigenvalue weighted by molar-refractivity contribution is -0.156. The SMILES string of the molecule is CC(=O)OC(C)(C)COc1ccc(Br)c(C)c1. The first-order chi connectivity index (χ1) is 7.80. The summed E-state index contributed by atoms with van der Waals surface area (Å²) >= 11 is 3.43. The van der Waals surface area contributed by atoms with Gasteiger partial charge in [-0.3, -0.25) is 4.79 Å². The predicted octanol–water partition coefficient (Wildman–Crippen LogP) is 3.48. The van der Waals surface area contributed by atoms with E-state index >= 15 is 0 Å². The van der Waals surface area contributed by atoms with Gasteiger partial charge in [0, 0.05) is 11.4 Å². The number of hydrogen-bond donors (Lipinski definition) is 0. The van der Waals surface area contributed by atoms with Crippen LogP contribution in [-0.2, 0) is 9.53 Å². The van der Waals surface area contributed by atoms with Crippen LogP contribution in [0.1, 0.15) is 26.3 Å². The highest BCUT2D eigenvalue weighted by molar-refractivity contribution is 9.10. The van der Waals surface area contributed by atoms with Gasteiger partial charge in [-0.15, -0.1) is 0 Å². The van der Waals surface area contributed by atoms with Gasteiger partial charge >= 0.3 is 5.97 Å². The number of halogens is 1. The van der Waals surface area contributed by atoms with Gasteiger partial charge in [-0.05, 0) is 44.5 Å². The van der Waals surface area contributed by atoms with Crippen molar-refractivity contribution in [2.45, 2.75) is 33.3 Å².